The van der Waals surface area contributed by atoms with Crippen LogP contribution in [0.5, 0.6) is 5.75 Å². The summed E-state index contributed by atoms with van der Waals surface area (Å²) in [6, 6.07) is 13.3. The van der Waals surface area contributed by atoms with Crippen molar-refractivity contribution in [3.05, 3.63) is 76.1 Å². The van der Waals surface area contributed by atoms with E-state index in [2.05, 4.69) is 10.4 Å². The number of nitrogens with one attached hydrogen (secondary N) is 1. The molecule has 0 radical (unpaired) electrons. The first-order valence-electron chi connectivity index (χ1n) is 7.74. The summed E-state index contributed by atoms with van der Waals surface area (Å²) >= 11 is 0. The summed E-state index contributed by atoms with van der Waals surface area (Å²) in [6.45, 7) is 1.64. The molecule has 0 bridgehead atoms. The lowest BCUT2D eigenvalue weighted by Crippen LogP contribution is -2.13. The van der Waals surface area contributed by atoms with Gasteiger partial charge in [0.05, 0.1) is 17.7 Å². The van der Waals surface area contributed by atoms with Crippen LogP contribution >= 0.6 is 0 Å². The van der Waals surface area contributed by atoms with Crippen LogP contribution in [0.15, 0.2) is 54.7 Å². The van der Waals surface area contributed by atoms with Gasteiger partial charge < -0.3 is 10.1 Å². The van der Waals surface area contributed by atoms with E-state index in [1.54, 1.807) is 55.2 Å². The first-order valence-corrected chi connectivity index (χ1v) is 7.74. The summed E-state index contributed by atoms with van der Waals surface area (Å²) in [7, 11) is 1.58. The summed E-state index contributed by atoms with van der Waals surface area (Å²) < 4.78 is 6.67. The van der Waals surface area contributed by atoms with Crippen LogP contribution < -0.4 is 10.1 Å². The van der Waals surface area contributed by atoms with Gasteiger partial charge in [-0.3, -0.25) is 14.9 Å². The second kappa shape index (κ2) is 7.06. The molecule has 3 rings (SSSR count). The zero-order valence-electron chi connectivity index (χ0n) is 14.2. The molecule has 1 aromatic heterocycles. The second-order valence-corrected chi connectivity index (χ2v) is 5.56. The first kappa shape index (κ1) is 17.2. The fraction of sp³-hybridized carbons (Fsp3) is 0.111. The number of amides is 1. The number of anilines is 1. The fourth-order valence-corrected chi connectivity index (χ4v) is 2.40. The maximum absolute atomic E-state index is 12.3. The van der Waals surface area contributed by atoms with Crippen molar-refractivity contribution in [3.8, 4) is 11.4 Å². The topological polar surface area (TPSA) is 99.3 Å². The predicted molar refractivity (Wildman–Crippen MR) is 95.9 cm³/mol. The lowest BCUT2D eigenvalue weighted by molar-refractivity contribution is -0.385. The van der Waals surface area contributed by atoms with E-state index in [1.165, 1.54) is 6.07 Å². The Bertz CT molecular complexity index is 964. The molecule has 0 aliphatic heterocycles. The van der Waals surface area contributed by atoms with Crippen molar-refractivity contribution in [1.82, 2.24) is 9.78 Å². The van der Waals surface area contributed by atoms with Gasteiger partial charge in [0.1, 0.15) is 5.75 Å². The molecule has 0 fully saturated rings. The fourth-order valence-electron chi connectivity index (χ4n) is 2.40. The number of nitro groups is 1. The van der Waals surface area contributed by atoms with Gasteiger partial charge in [-0.1, -0.05) is 6.07 Å². The number of methoxy groups -OCH3 is 1. The van der Waals surface area contributed by atoms with Gasteiger partial charge in [0, 0.05) is 23.5 Å². The van der Waals surface area contributed by atoms with E-state index in [0.29, 0.717) is 11.3 Å². The number of hydrogen-bond donors (Lipinski definition) is 1. The molecular weight excluding hydrogens is 336 g/mol. The van der Waals surface area contributed by atoms with Crippen molar-refractivity contribution in [2.24, 2.45) is 0 Å². The molecule has 0 atom stereocenters. The molecule has 26 heavy (non-hydrogen) atoms. The van der Waals surface area contributed by atoms with Crippen molar-refractivity contribution in [2.45, 2.75) is 6.92 Å². The number of nitro benzene ring substituents is 1. The molecule has 0 spiro atoms. The Morgan fingerprint density at radius 2 is 1.92 bits per heavy atom. The molecule has 1 amide bonds. The third-order valence-electron chi connectivity index (χ3n) is 3.82. The van der Waals surface area contributed by atoms with Crippen LogP contribution in [0, 0.1) is 17.0 Å². The Hall–Kier alpha value is -3.68. The minimum Gasteiger partial charge on any atom is -0.497 e. The Labute approximate surface area is 149 Å². The molecule has 0 saturated heterocycles. The van der Waals surface area contributed by atoms with E-state index in [9.17, 15) is 14.9 Å². The number of ether oxygens (including phenoxy) is 1. The highest BCUT2D eigenvalue weighted by Gasteiger charge is 2.15. The highest BCUT2D eigenvalue weighted by Crippen LogP contribution is 2.22. The minimum atomic E-state index is -0.483. The zero-order chi connectivity index (χ0) is 18.7. The van der Waals surface area contributed by atoms with Crippen LogP contribution in [0.1, 0.15) is 16.1 Å². The van der Waals surface area contributed by atoms with Crippen LogP contribution in [0.2, 0.25) is 0 Å². The number of carbonyl (C=O) groups is 1. The predicted octanol–water partition coefficient (Wildman–Crippen LogP) is 3.35. The van der Waals surface area contributed by atoms with Crippen LogP contribution in [0.3, 0.4) is 0 Å². The normalized spacial score (nSPS) is 10.4. The first-order chi connectivity index (χ1) is 12.5. The quantitative estimate of drug-likeness (QED) is 0.561. The maximum atomic E-state index is 12.3. The van der Waals surface area contributed by atoms with Gasteiger partial charge in [0.2, 0.25) is 0 Å². The van der Waals surface area contributed by atoms with Crippen LogP contribution in [0.25, 0.3) is 5.69 Å². The van der Waals surface area contributed by atoms with Crippen molar-refractivity contribution in [2.75, 3.05) is 12.4 Å². The maximum Gasteiger partial charge on any atom is 0.276 e. The lowest BCUT2D eigenvalue weighted by atomic mass is 10.2. The molecular formula is C18H16N4O4. The van der Waals surface area contributed by atoms with E-state index in [4.69, 9.17) is 4.74 Å². The van der Waals surface area contributed by atoms with E-state index < -0.39 is 10.8 Å². The molecule has 8 heteroatoms. The smallest absolute Gasteiger partial charge is 0.276 e. The molecule has 8 nitrogen and oxygen atoms in total. The van der Waals surface area contributed by atoms with Gasteiger partial charge in [-0.15, -0.1) is 0 Å². The number of hydrogen-bond acceptors (Lipinski definition) is 5. The average Bonchev–Trinajstić information content (AvgIpc) is 3.13. The molecule has 0 aliphatic carbocycles. The summed E-state index contributed by atoms with van der Waals surface area (Å²) in [6.07, 6.45) is 1.66. The molecule has 1 heterocycles. The Morgan fingerprint density at radius 3 is 2.58 bits per heavy atom. The SMILES string of the molecule is COc1ccc(-n2ccc(C(=O)Nc3ccc(C)c([N+](=O)[O-])c3)n2)cc1. The molecule has 132 valence electrons. The molecule has 3 aromatic rings. The largest absolute Gasteiger partial charge is 0.497 e. The van der Waals surface area contributed by atoms with Gasteiger partial charge >= 0.3 is 0 Å². The number of benzene rings is 2. The summed E-state index contributed by atoms with van der Waals surface area (Å²) in [5, 5.41) is 17.9. The van der Waals surface area contributed by atoms with Gasteiger partial charge in [-0.05, 0) is 43.3 Å². The molecule has 0 unspecified atom stereocenters. The average molecular weight is 352 g/mol. The summed E-state index contributed by atoms with van der Waals surface area (Å²) in [4.78, 5) is 22.9. The number of aromatic nitrogens is 2. The van der Waals surface area contributed by atoms with Crippen LogP contribution in [0.4, 0.5) is 11.4 Å². The summed E-state index contributed by atoms with van der Waals surface area (Å²) in [5.74, 6) is 0.273. The van der Waals surface area contributed by atoms with E-state index >= 15 is 0 Å². The highest BCUT2D eigenvalue weighted by atomic mass is 16.6. The number of rotatable bonds is 5. The Balaban J connectivity index is 1.78. The van der Waals surface area contributed by atoms with Crippen LogP contribution in [-0.2, 0) is 0 Å². The van der Waals surface area contributed by atoms with Gasteiger partial charge in [-0.25, -0.2) is 4.68 Å². The number of nitrogens with zero attached hydrogens (tertiary/aromatic N) is 3. The number of carbonyl (C=O) groups excluding carboxylic acids is 1. The Morgan fingerprint density at radius 1 is 1.19 bits per heavy atom. The van der Waals surface area contributed by atoms with E-state index in [1.807, 2.05) is 12.1 Å². The second-order valence-electron chi connectivity index (χ2n) is 5.56. The molecule has 2 aromatic carbocycles. The van der Waals surface area contributed by atoms with Crippen molar-refractivity contribution < 1.29 is 14.5 Å². The van der Waals surface area contributed by atoms with Gasteiger partial charge in [0.15, 0.2) is 5.69 Å². The summed E-state index contributed by atoms with van der Waals surface area (Å²) in [5.41, 5.74) is 1.79. The highest BCUT2D eigenvalue weighted by molar-refractivity contribution is 6.03. The van der Waals surface area contributed by atoms with E-state index in [0.717, 1.165) is 11.4 Å². The van der Waals surface area contributed by atoms with Crippen molar-refractivity contribution in [1.29, 1.82) is 0 Å². The molecule has 0 saturated carbocycles. The van der Waals surface area contributed by atoms with E-state index in [-0.39, 0.29) is 11.4 Å². The lowest BCUT2D eigenvalue weighted by Gasteiger charge is -2.05. The number of aryl methyl sites for hydroxylation is 1. The minimum absolute atomic E-state index is 0.0495. The standard InChI is InChI=1S/C18H16N4O4/c1-12-3-4-13(11-17(12)22(24)25)19-18(23)16-9-10-21(20-16)14-5-7-15(26-2)8-6-14/h3-11H,1-2H3,(H,19,23). The van der Waals surface area contributed by atoms with Crippen molar-refractivity contribution in [3.63, 3.8) is 0 Å². The monoisotopic (exact) mass is 352 g/mol. The van der Waals surface area contributed by atoms with Crippen LogP contribution in [-0.4, -0.2) is 27.7 Å². The third-order valence-corrected chi connectivity index (χ3v) is 3.82. The Kier molecular flexibility index (Phi) is 4.66. The van der Waals surface area contributed by atoms with Gasteiger partial charge in [0.25, 0.3) is 11.6 Å². The van der Waals surface area contributed by atoms with Gasteiger partial charge in [-0.2, -0.15) is 5.10 Å². The molecule has 1 N–H and O–H groups in total. The molecule has 0 aliphatic rings. The van der Waals surface area contributed by atoms with Crippen molar-refractivity contribution >= 4 is 17.3 Å². The zero-order valence-corrected chi connectivity index (χ0v) is 14.2. The third kappa shape index (κ3) is 3.54.